The minimum Gasteiger partial charge on any atom is -0.486 e. The minimum atomic E-state index is -4.14. The third-order valence-corrected chi connectivity index (χ3v) is 9.07. The molecule has 1 unspecified atom stereocenters. The maximum absolute atomic E-state index is 13.8. The van der Waals surface area contributed by atoms with Crippen LogP contribution in [0.5, 0.6) is 0 Å². The van der Waals surface area contributed by atoms with Crippen LogP contribution in [0.3, 0.4) is 0 Å². The quantitative estimate of drug-likeness (QED) is 0.222. The summed E-state index contributed by atoms with van der Waals surface area (Å²) in [6.07, 6.45) is -0.222. The Bertz CT molecular complexity index is 1870. The number of rotatable bonds is 8. The molecule has 0 spiro atoms. The molecule has 1 atom stereocenters. The average molecular weight is 684 g/mol. The maximum atomic E-state index is 13.8. The van der Waals surface area contributed by atoms with E-state index in [2.05, 4.69) is 30.9 Å². The number of amides is 2. The number of nitrogens with zero attached hydrogens (tertiary/aromatic N) is 5. The van der Waals surface area contributed by atoms with Gasteiger partial charge in [-0.1, -0.05) is 51.3 Å². The number of aryl methyl sites for hydroxylation is 3. The molecule has 5 rings (SSSR count). The standard InChI is InChI=1S/C29H27BrN6O5S2/c1-18-4-12-22(13-5-18)36-28(38)24(16-26(37)31-21-10-8-20(30)9-11-21)35(29(36)42)17-25-27(41-33-34(25)3)32-43(39,40)23-14-6-19(2)7-15-23/h4-15,24H,16-17H2,1-3H3,(H,31,37)/b32-27-. The van der Waals surface area contributed by atoms with E-state index in [4.69, 9.17) is 16.7 Å². The van der Waals surface area contributed by atoms with Crippen molar-refractivity contribution in [3.63, 3.8) is 0 Å². The molecule has 4 aromatic rings. The first-order valence-electron chi connectivity index (χ1n) is 13.1. The van der Waals surface area contributed by atoms with E-state index in [1.807, 2.05) is 26.0 Å². The molecule has 0 saturated carbocycles. The van der Waals surface area contributed by atoms with Crippen LogP contribution in [0, 0.1) is 13.8 Å². The number of carbonyl (C=O) groups excluding carboxylic acids is 2. The van der Waals surface area contributed by atoms with E-state index in [0.717, 1.165) is 15.6 Å². The van der Waals surface area contributed by atoms with Crippen LogP contribution in [0.1, 0.15) is 23.2 Å². The van der Waals surface area contributed by atoms with Gasteiger partial charge in [-0.3, -0.25) is 19.8 Å². The van der Waals surface area contributed by atoms with Gasteiger partial charge in [-0.25, -0.2) is 4.68 Å². The molecule has 2 amide bonds. The second-order valence-electron chi connectivity index (χ2n) is 10.0. The molecule has 0 bridgehead atoms. The lowest BCUT2D eigenvalue weighted by Crippen LogP contribution is -2.45. The normalized spacial score (nSPS) is 15.8. The Balaban J connectivity index is 1.49. The summed E-state index contributed by atoms with van der Waals surface area (Å²) in [4.78, 5) is 29.9. The van der Waals surface area contributed by atoms with Crippen LogP contribution in [-0.4, -0.2) is 36.3 Å². The van der Waals surface area contributed by atoms with Crippen LogP contribution >= 0.6 is 28.1 Å². The number of thiocarbonyl (C=S) groups is 1. The van der Waals surface area contributed by atoms with Crippen molar-refractivity contribution in [3.8, 4) is 0 Å². The van der Waals surface area contributed by atoms with Crippen molar-refractivity contribution in [2.24, 2.45) is 11.4 Å². The van der Waals surface area contributed by atoms with E-state index < -0.39 is 27.9 Å². The lowest BCUT2D eigenvalue weighted by Gasteiger charge is -2.22. The highest BCUT2D eigenvalue weighted by molar-refractivity contribution is 9.10. The summed E-state index contributed by atoms with van der Waals surface area (Å²) in [5, 5.41) is 6.82. The van der Waals surface area contributed by atoms with Gasteiger partial charge in [0.05, 0.1) is 17.0 Å². The summed E-state index contributed by atoms with van der Waals surface area (Å²) in [5.74, 6) is -0.800. The zero-order chi connectivity index (χ0) is 30.9. The summed E-state index contributed by atoms with van der Waals surface area (Å²) in [6.45, 7) is 3.67. The zero-order valence-corrected chi connectivity index (χ0v) is 26.6. The molecule has 1 aromatic heterocycles. The number of nitrogens with one attached hydrogen (secondary N) is 1. The topological polar surface area (TPSA) is 130 Å². The molecular formula is C29H27BrN6O5S2. The molecule has 2 heterocycles. The fraction of sp³-hybridized carbons (Fsp3) is 0.207. The average Bonchev–Trinajstić information content (AvgIpc) is 3.41. The van der Waals surface area contributed by atoms with E-state index in [1.54, 1.807) is 60.5 Å². The maximum Gasteiger partial charge on any atom is 0.289 e. The van der Waals surface area contributed by atoms with Gasteiger partial charge >= 0.3 is 0 Å². The number of halogens is 1. The van der Waals surface area contributed by atoms with E-state index in [-0.39, 0.29) is 34.2 Å². The summed E-state index contributed by atoms with van der Waals surface area (Å²) in [7, 11) is -2.58. The van der Waals surface area contributed by atoms with Gasteiger partial charge in [-0.05, 0) is 74.6 Å². The first-order valence-corrected chi connectivity index (χ1v) is 15.7. The highest BCUT2D eigenvalue weighted by Crippen LogP contribution is 2.29. The molecule has 0 aliphatic carbocycles. The van der Waals surface area contributed by atoms with Crippen molar-refractivity contribution in [2.45, 2.75) is 37.8 Å². The van der Waals surface area contributed by atoms with Gasteiger partial charge in [0.2, 0.25) is 5.91 Å². The Labute approximate surface area is 262 Å². The molecule has 222 valence electrons. The Morgan fingerprint density at radius 2 is 1.65 bits per heavy atom. The van der Waals surface area contributed by atoms with Crippen molar-refractivity contribution in [3.05, 3.63) is 99.6 Å². The predicted octanol–water partition coefficient (Wildman–Crippen LogP) is 3.26. The van der Waals surface area contributed by atoms with Crippen LogP contribution in [0.25, 0.3) is 0 Å². The molecule has 14 heteroatoms. The van der Waals surface area contributed by atoms with Crippen molar-refractivity contribution < 1.29 is 27.2 Å². The molecule has 0 radical (unpaired) electrons. The fourth-order valence-electron chi connectivity index (χ4n) is 4.48. The third-order valence-electron chi connectivity index (χ3n) is 6.85. The fourth-order valence-corrected chi connectivity index (χ4v) is 6.07. The van der Waals surface area contributed by atoms with Gasteiger partial charge in [0.1, 0.15) is 19.6 Å². The summed E-state index contributed by atoms with van der Waals surface area (Å²) in [5.41, 5.74) is 2.99. The van der Waals surface area contributed by atoms with Crippen molar-refractivity contribution in [2.75, 3.05) is 10.2 Å². The summed E-state index contributed by atoms with van der Waals surface area (Å²) < 4.78 is 37.5. The van der Waals surface area contributed by atoms with Crippen LogP contribution in [0.4, 0.5) is 11.4 Å². The molecule has 1 aliphatic heterocycles. The van der Waals surface area contributed by atoms with Crippen LogP contribution in [0.15, 0.2) is 91.1 Å². The molecule has 43 heavy (non-hydrogen) atoms. The second kappa shape index (κ2) is 12.2. The highest BCUT2D eigenvalue weighted by Gasteiger charge is 2.45. The summed E-state index contributed by atoms with van der Waals surface area (Å²) >= 11 is 9.14. The first kappa shape index (κ1) is 30.3. The van der Waals surface area contributed by atoms with Gasteiger partial charge in [0.25, 0.3) is 27.2 Å². The van der Waals surface area contributed by atoms with E-state index >= 15 is 0 Å². The Hall–Kier alpha value is -4.14. The third kappa shape index (κ3) is 6.60. The first-order chi connectivity index (χ1) is 20.4. The molecule has 3 aromatic carbocycles. The number of anilines is 2. The van der Waals surface area contributed by atoms with Crippen molar-refractivity contribution >= 4 is 66.5 Å². The number of aromatic nitrogens is 2. The van der Waals surface area contributed by atoms with Gasteiger partial charge in [-0.2, -0.15) is 8.42 Å². The molecule has 11 nitrogen and oxygen atoms in total. The van der Waals surface area contributed by atoms with Gasteiger partial charge in [-0.15, -0.1) is 4.40 Å². The number of hydrogen-bond donors (Lipinski definition) is 1. The summed E-state index contributed by atoms with van der Waals surface area (Å²) in [6, 6.07) is 19.6. The Kier molecular flexibility index (Phi) is 8.62. The lowest BCUT2D eigenvalue weighted by molar-refractivity contribution is -0.752. The van der Waals surface area contributed by atoms with Gasteiger partial charge < -0.3 is 14.7 Å². The van der Waals surface area contributed by atoms with E-state index in [0.29, 0.717) is 11.4 Å². The molecule has 1 fully saturated rings. The number of carbonyl (C=O) groups is 2. The smallest absolute Gasteiger partial charge is 0.289 e. The SMILES string of the molecule is Cc1ccc(N2C(=O)C(CC(=O)Nc3ccc(Br)cc3)N(Cc3/c(=N/S(=O)(=O)c4ccc(C)cc4)o[n-][n+]3C)C2=S)cc1. The molecule has 1 saturated heterocycles. The minimum absolute atomic E-state index is 0.0111. The Morgan fingerprint density at radius 1 is 1.05 bits per heavy atom. The van der Waals surface area contributed by atoms with Gasteiger partial charge in [0.15, 0.2) is 5.11 Å². The van der Waals surface area contributed by atoms with Crippen LogP contribution in [-0.2, 0) is 33.2 Å². The zero-order valence-electron chi connectivity index (χ0n) is 23.4. The number of benzene rings is 3. The molecule has 1 N–H and O–H groups in total. The van der Waals surface area contributed by atoms with Crippen molar-refractivity contribution in [1.82, 2.24) is 10.2 Å². The predicted molar refractivity (Wildman–Crippen MR) is 165 cm³/mol. The Morgan fingerprint density at radius 3 is 2.28 bits per heavy atom. The molecule has 1 aliphatic rings. The van der Waals surface area contributed by atoms with Gasteiger partial charge in [0, 0.05) is 10.2 Å². The molecular weight excluding hydrogens is 656 g/mol. The second-order valence-corrected chi connectivity index (χ2v) is 12.9. The van der Waals surface area contributed by atoms with E-state index in [9.17, 15) is 18.0 Å². The number of sulfonamides is 1. The van der Waals surface area contributed by atoms with Crippen LogP contribution < -0.4 is 25.7 Å². The monoisotopic (exact) mass is 682 g/mol. The van der Waals surface area contributed by atoms with E-state index in [1.165, 1.54) is 21.7 Å². The van der Waals surface area contributed by atoms with Crippen LogP contribution in [0.2, 0.25) is 0 Å². The largest absolute Gasteiger partial charge is 0.486 e. The van der Waals surface area contributed by atoms with Crippen molar-refractivity contribution in [1.29, 1.82) is 0 Å². The lowest BCUT2D eigenvalue weighted by atomic mass is 10.1. The number of hydrogen-bond acceptors (Lipinski definition) is 6. The highest BCUT2D eigenvalue weighted by atomic mass is 79.9.